The zero-order valence-electron chi connectivity index (χ0n) is 18.0. The smallest absolute Gasteiger partial charge is 0.376 e. The van der Waals surface area contributed by atoms with Crippen LogP contribution in [0.1, 0.15) is 34.5 Å². The molecule has 0 aromatic heterocycles. The molecule has 0 radical (unpaired) electrons. The number of benzene rings is 2. The molecule has 1 saturated heterocycles. The molecular weight excluding hydrogens is 464 g/mol. The number of hydrogen-bond donors (Lipinski definition) is 1. The summed E-state index contributed by atoms with van der Waals surface area (Å²) in [5, 5.41) is 3.09. The monoisotopic (exact) mass is 488 g/mol. The molecule has 180 valence electrons. The van der Waals surface area contributed by atoms with Crippen molar-refractivity contribution in [1.29, 1.82) is 0 Å². The molecule has 1 amide bonds. The van der Waals surface area contributed by atoms with Crippen LogP contribution in [0.25, 0.3) is 0 Å². The highest BCUT2D eigenvalue weighted by atomic mass is 35.5. The number of rotatable bonds is 8. The SMILES string of the molecule is C[C@H]1CN([C@H](CNC(=O)c2ccc(COCC(F)(F)F)cc2)c2c(F)cccc2Cl)CCO1. The normalized spacial score (nSPS) is 18.2. The molecule has 1 N–H and O–H groups in total. The second-order valence-electron chi connectivity index (χ2n) is 7.84. The van der Waals surface area contributed by atoms with E-state index in [0.717, 1.165) is 0 Å². The second-order valence-corrected chi connectivity index (χ2v) is 8.25. The summed E-state index contributed by atoms with van der Waals surface area (Å²) in [5.41, 5.74) is 1.14. The van der Waals surface area contributed by atoms with E-state index in [4.69, 9.17) is 16.3 Å². The van der Waals surface area contributed by atoms with Gasteiger partial charge in [0.2, 0.25) is 0 Å². The van der Waals surface area contributed by atoms with Gasteiger partial charge in [-0.2, -0.15) is 13.2 Å². The molecule has 0 saturated carbocycles. The highest BCUT2D eigenvalue weighted by molar-refractivity contribution is 6.31. The number of hydrogen-bond acceptors (Lipinski definition) is 4. The molecule has 0 aliphatic carbocycles. The van der Waals surface area contributed by atoms with E-state index in [9.17, 15) is 22.4 Å². The topological polar surface area (TPSA) is 50.8 Å². The minimum Gasteiger partial charge on any atom is -0.376 e. The average molecular weight is 489 g/mol. The molecular formula is C23H25ClF4N2O3. The van der Waals surface area contributed by atoms with Crippen LogP contribution in [0.4, 0.5) is 17.6 Å². The quantitative estimate of drug-likeness (QED) is 0.545. The summed E-state index contributed by atoms with van der Waals surface area (Å²) in [6.45, 7) is 2.07. The first-order valence-corrected chi connectivity index (χ1v) is 10.8. The van der Waals surface area contributed by atoms with E-state index >= 15 is 0 Å². The first-order valence-electron chi connectivity index (χ1n) is 10.4. The van der Waals surface area contributed by atoms with Gasteiger partial charge in [-0.25, -0.2) is 4.39 Å². The Balaban J connectivity index is 1.67. The summed E-state index contributed by atoms with van der Waals surface area (Å²) in [4.78, 5) is 14.7. The minimum absolute atomic E-state index is 0.0467. The Labute approximate surface area is 194 Å². The predicted molar refractivity (Wildman–Crippen MR) is 116 cm³/mol. The number of ether oxygens (including phenoxy) is 2. The van der Waals surface area contributed by atoms with Crippen LogP contribution in [0, 0.1) is 5.82 Å². The molecule has 0 bridgehead atoms. The first-order chi connectivity index (χ1) is 15.6. The van der Waals surface area contributed by atoms with Crippen LogP contribution in [0.5, 0.6) is 0 Å². The van der Waals surface area contributed by atoms with Crippen LogP contribution in [-0.2, 0) is 16.1 Å². The van der Waals surface area contributed by atoms with Crippen LogP contribution < -0.4 is 5.32 Å². The van der Waals surface area contributed by atoms with Gasteiger partial charge in [-0.05, 0) is 36.8 Å². The van der Waals surface area contributed by atoms with Crippen molar-refractivity contribution in [3.8, 4) is 0 Å². The maximum Gasteiger partial charge on any atom is 0.411 e. The van der Waals surface area contributed by atoms with Gasteiger partial charge in [0, 0.05) is 35.8 Å². The molecule has 0 unspecified atom stereocenters. The summed E-state index contributed by atoms with van der Waals surface area (Å²) in [7, 11) is 0. The first kappa shape index (κ1) is 25.4. The molecule has 33 heavy (non-hydrogen) atoms. The Morgan fingerprint density at radius 3 is 2.64 bits per heavy atom. The number of alkyl halides is 3. The summed E-state index contributed by atoms with van der Waals surface area (Å²) >= 11 is 6.31. The van der Waals surface area contributed by atoms with Crippen molar-refractivity contribution in [2.45, 2.75) is 31.9 Å². The van der Waals surface area contributed by atoms with E-state index in [-0.39, 0.29) is 24.3 Å². The maximum atomic E-state index is 14.7. The Kier molecular flexibility index (Phi) is 8.69. The van der Waals surface area contributed by atoms with Gasteiger partial charge in [0.1, 0.15) is 12.4 Å². The highest BCUT2D eigenvalue weighted by Crippen LogP contribution is 2.31. The van der Waals surface area contributed by atoms with Gasteiger partial charge in [0.05, 0.1) is 25.4 Å². The van der Waals surface area contributed by atoms with Gasteiger partial charge in [-0.1, -0.05) is 29.8 Å². The van der Waals surface area contributed by atoms with Crippen molar-refractivity contribution >= 4 is 17.5 Å². The third kappa shape index (κ3) is 7.40. The average Bonchev–Trinajstić information content (AvgIpc) is 2.75. The van der Waals surface area contributed by atoms with E-state index in [1.165, 1.54) is 36.4 Å². The van der Waals surface area contributed by atoms with Crippen LogP contribution in [0.2, 0.25) is 5.02 Å². The number of nitrogens with zero attached hydrogens (tertiary/aromatic N) is 1. The van der Waals surface area contributed by atoms with Gasteiger partial charge in [-0.3, -0.25) is 9.69 Å². The van der Waals surface area contributed by atoms with Crippen LogP contribution in [0.15, 0.2) is 42.5 Å². The fourth-order valence-corrected chi connectivity index (χ4v) is 3.99. The molecule has 2 atom stereocenters. The van der Waals surface area contributed by atoms with Crippen molar-refractivity contribution in [2.75, 3.05) is 32.8 Å². The van der Waals surface area contributed by atoms with E-state index < -0.39 is 30.5 Å². The second kappa shape index (κ2) is 11.3. The van der Waals surface area contributed by atoms with Gasteiger partial charge in [0.15, 0.2) is 0 Å². The molecule has 1 aliphatic heterocycles. The van der Waals surface area contributed by atoms with E-state index in [1.807, 2.05) is 11.8 Å². The Hall–Kier alpha value is -2.20. The summed E-state index contributed by atoms with van der Waals surface area (Å²) in [6, 6.07) is 10.0. The molecule has 1 aliphatic rings. The minimum atomic E-state index is -4.39. The molecule has 1 heterocycles. The highest BCUT2D eigenvalue weighted by Gasteiger charge is 2.30. The lowest BCUT2D eigenvalue weighted by atomic mass is 10.0. The molecule has 5 nitrogen and oxygen atoms in total. The number of halogens is 5. The molecule has 10 heteroatoms. The lowest BCUT2D eigenvalue weighted by molar-refractivity contribution is -0.176. The number of nitrogens with one attached hydrogen (secondary N) is 1. The fraction of sp³-hybridized carbons (Fsp3) is 0.435. The molecule has 2 aromatic carbocycles. The number of carbonyl (C=O) groups excluding carboxylic acids is 1. The predicted octanol–water partition coefficient (Wildman–Crippen LogP) is 4.75. The van der Waals surface area contributed by atoms with Gasteiger partial charge >= 0.3 is 6.18 Å². The van der Waals surface area contributed by atoms with Gasteiger partial charge in [-0.15, -0.1) is 0 Å². The molecule has 2 aromatic rings. The van der Waals surface area contributed by atoms with Crippen LogP contribution >= 0.6 is 11.6 Å². The molecule has 0 spiro atoms. The number of morpholine rings is 1. The zero-order chi connectivity index (χ0) is 24.0. The lowest BCUT2D eigenvalue weighted by Crippen LogP contribution is -2.47. The summed E-state index contributed by atoms with van der Waals surface area (Å²) < 4.78 is 61.4. The van der Waals surface area contributed by atoms with Crippen molar-refractivity contribution in [1.82, 2.24) is 10.2 Å². The number of carbonyl (C=O) groups is 1. The third-order valence-corrected chi connectivity index (χ3v) is 5.58. The zero-order valence-corrected chi connectivity index (χ0v) is 18.8. The van der Waals surface area contributed by atoms with Gasteiger partial charge in [0.25, 0.3) is 5.91 Å². The fourth-order valence-electron chi connectivity index (χ4n) is 3.70. The van der Waals surface area contributed by atoms with Crippen molar-refractivity contribution in [3.05, 3.63) is 70.0 Å². The van der Waals surface area contributed by atoms with E-state index in [2.05, 4.69) is 10.1 Å². The Morgan fingerprint density at radius 2 is 2.00 bits per heavy atom. The van der Waals surface area contributed by atoms with Crippen molar-refractivity contribution < 1.29 is 31.8 Å². The largest absolute Gasteiger partial charge is 0.411 e. The van der Waals surface area contributed by atoms with Crippen molar-refractivity contribution in [3.63, 3.8) is 0 Å². The Morgan fingerprint density at radius 1 is 1.27 bits per heavy atom. The summed E-state index contributed by atoms with van der Waals surface area (Å²) in [6.07, 6.45) is -4.44. The Bertz CT molecular complexity index is 920. The molecule has 3 rings (SSSR count). The number of amides is 1. The summed E-state index contributed by atoms with van der Waals surface area (Å²) in [5.74, 6) is -0.847. The van der Waals surface area contributed by atoms with Gasteiger partial charge < -0.3 is 14.8 Å². The lowest BCUT2D eigenvalue weighted by Gasteiger charge is -2.38. The standard InChI is InChI=1S/C23H25ClF4N2O3/c1-15-12-30(9-10-33-15)20(21-18(24)3-2-4-19(21)25)11-29-22(31)17-7-5-16(6-8-17)13-32-14-23(26,27)28/h2-8,15,20H,9-14H2,1H3,(H,29,31)/t15-,20+/m0/s1. The van der Waals surface area contributed by atoms with E-state index in [1.54, 1.807) is 6.07 Å². The van der Waals surface area contributed by atoms with Crippen LogP contribution in [0.3, 0.4) is 0 Å². The van der Waals surface area contributed by atoms with E-state index in [0.29, 0.717) is 36.4 Å². The molecule has 1 fully saturated rings. The third-order valence-electron chi connectivity index (χ3n) is 5.25. The van der Waals surface area contributed by atoms with Crippen molar-refractivity contribution in [2.24, 2.45) is 0 Å². The van der Waals surface area contributed by atoms with Crippen LogP contribution in [-0.4, -0.2) is 55.9 Å². The maximum absolute atomic E-state index is 14.7.